The van der Waals surface area contributed by atoms with Gasteiger partial charge >= 0.3 is 11.9 Å². The molecule has 3 amide bonds. The zero-order chi connectivity index (χ0) is 49.7. The zero-order valence-corrected chi connectivity index (χ0v) is 35.4. The lowest BCUT2D eigenvalue weighted by molar-refractivity contribution is -0.384. The molecule has 0 aromatic heterocycles. The maximum Gasteiger partial charge on any atom is 0.364 e. The van der Waals surface area contributed by atoms with Crippen molar-refractivity contribution in [2.24, 2.45) is 0 Å². The molecule has 0 radical (unpaired) electrons. The number of hydrogen-bond donors (Lipinski definition) is 18. The van der Waals surface area contributed by atoms with Gasteiger partial charge in [-0.3, -0.25) is 14.4 Å². The number of nitrogens with one attached hydrogen (secondary N) is 3. The molecule has 0 spiro atoms. The Kier molecular flexibility index (Phi) is 19.0. The maximum atomic E-state index is 13.2. The summed E-state index contributed by atoms with van der Waals surface area (Å²) in [5.74, 6) is -13.4. The fourth-order valence-corrected chi connectivity index (χ4v) is 8.16. The summed E-state index contributed by atoms with van der Waals surface area (Å²) in [6.45, 7) is -1.74. The van der Waals surface area contributed by atoms with Crippen molar-refractivity contribution in [2.75, 3.05) is 26.4 Å². The van der Waals surface area contributed by atoms with Crippen LogP contribution in [-0.4, -0.2) is 267 Å². The maximum absolute atomic E-state index is 13.2. The van der Waals surface area contributed by atoms with E-state index < -0.39 is 203 Å². The van der Waals surface area contributed by atoms with E-state index in [0.29, 0.717) is 0 Å². The van der Waals surface area contributed by atoms with Gasteiger partial charge < -0.3 is 126 Å². The van der Waals surface area contributed by atoms with Gasteiger partial charge in [-0.25, -0.2) is 9.59 Å². The minimum Gasteiger partial charge on any atom is -0.477 e. The highest BCUT2D eigenvalue weighted by atomic mass is 16.8. The number of hydrogen-bond acceptors (Lipinski definition) is 25. The first-order valence-electron chi connectivity index (χ1n) is 20.3. The average molecular weight is 966 g/mol. The number of carboxylic acid groups (broad SMARTS) is 2. The molecule has 380 valence electrons. The van der Waals surface area contributed by atoms with Gasteiger partial charge in [0.05, 0.1) is 50.7 Å². The van der Waals surface area contributed by atoms with Crippen molar-refractivity contribution in [1.29, 1.82) is 0 Å². The molecule has 0 saturated carbocycles. The number of carboxylic acids is 2. The van der Waals surface area contributed by atoms with Gasteiger partial charge in [-0.2, -0.15) is 0 Å². The molecule has 4 heterocycles. The fraction of sp³-hybridized carbons (Fsp3) is 0.861. The molecule has 30 heteroatoms. The first-order chi connectivity index (χ1) is 30.8. The third kappa shape index (κ3) is 11.9. The summed E-state index contributed by atoms with van der Waals surface area (Å²) in [6, 6.07) is -5.18. The van der Waals surface area contributed by atoms with E-state index in [2.05, 4.69) is 16.0 Å². The number of aliphatic hydroxyl groups excluding tert-OH is 13. The molecule has 0 bridgehead atoms. The highest BCUT2D eigenvalue weighted by Crippen LogP contribution is 2.40. The minimum atomic E-state index is -3.35. The van der Waals surface area contributed by atoms with E-state index in [0.717, 1.165) is 20.8 Å². The van der Waals surface area contributed by atoms with Crippen LogP contribution in [0.4, 0.5) is 0 Å². The number of rotatable bonds is 19. The van der Waals surface area contributed by atoms with E-state index in [1.807, 2.05) is 0 Å². The smallest absolute Gasteiger partial charge is 0.364 e. The molecule has 0 aromatic rings. The molecule has 4 aliphatic rings. The Bertz CT molecular complexity index is 1680. The second-order valence-electron chi connectivity index (χ2n) is 16.2. The van der Waals surface area contributed by atoms with Crippen LogP contribution < -0.4 is 16.0 Å². The SMILES string of the molecule is CC(=O)N[C@H]1[C@H]([C@H](O)[C@H](O)CO)O[C@@](O[C@H](CO)[C@@H](O)[C@@H]2O[C@@](O[C@H]3[C@@H](O)[C@@H](CO)O[C@@H](O[C@H]4[C@H](O)[C@@H](NC(C)=O)C(O)O[C@@H]4CO)[C@@H]3O)(C(=O)O)C[C@H](O)[C@H]2NC(C)=O)(C(=O)O)C[C@@H]1O. The molecule has 1 unspecified atom stereocenters. The van der Waals surface area contributed by atoms with Crippen molar-refractivity contribution in [1.82, 2.24) is 16.0 Å². The summed E-state index contributed by atoms with van der Waals surface area (Å²) < 4.78 is 39.0. The quantitative estimate of drug-likeness (QED) is 0.0571. The van der Waals surface area contributed by atoms with Crippen LogP contribution in [0, 0.1) is 0 Å². The summed E-state index contributed by atoms with van der Waals surface area (Å²) in [4.78, 5) is 62.2. The fourth-order valence-electron chi connectivity index (χ4n) is 8.16. The topological polar surface area (TPSA) is 490 Å². The molecule has 22 atom stereocenters. The van der Waals surface area contributed by atoms with Crippen molar-refractivity contribution in [2.45, 2.75) is 167 Å². The number of aliphatic hydroxyl groups is 13. The van der Waals surface area contributed by atoms with Crippen LogP contribution in [0.15, 0.2) is 0 Å². The van der Waals surface area contributed by atoms with Gasteiger partial charge in [0, 0.05) is 33.6 Å². The normalized spacial score (nSPS) is 41.4. The van der Waals surface area contributed by atoms with Crippen molar-refractivity contribution < 1.29 is 134 Å². The number of aliphatic carboxylic acids is 2. The summed E-state index contributed by atoms with van der Waals surface area (Å²) >= 11 is 0. The van der Waals surface area contributed by atoms with Crippen molar-refractivity contribution >= 4 is 29.7 Å². The third-order valence-electron chi connectivity index (χ3n) is 11.4. The molecule has 4 rings (SSSR count). The molecule has 18 N–H and O–H groups in total. The first-order valence-corrected chi connectivity index (χ1v) is 20.3. The Balaban J connectivity index is 1.72. The van der Waals surface area contributed by atoms with Gasteiger partial charge in [-0.15, -0.1) is 0 Å². The number of ether oxygens (including phenoxy) is 7. The molecular formula is C36H59N3O27. The van der Waals surface area contributed by atoms with E-state index in [1.54, 1.807) is 0 Å². The van der Waals surface area contributed by atoms with E-state index in [9.17, 15) is 101 Å². The molecule has 4 fully saturated rings. The van der Waals surface area contributed by atoms with Crippen LogP contribution in [0.5, 0.6) is 0 Å². The predicted octanol–water partition coefficient (Wildman–Crippen LogP) is -10.9. The summed E-state index contributed by atoms with van der Waals surface area (Å²) in [5, 5.41) is 167. The Morgan fingerprint density at radius 2 is 1.11 bits per heavy atom. The van der Waals surface area contributed by atoms with Gasteiger partial charge in [0.15, 0.2) is 12.6 Å². The van der Waals surface area contributed by atoms with E-state index in [1.165, 1.54) is 0 Å². The molecule has 66 heavy (non-hydrogen) atoms. The van der Waals surface area contributed by atoms with Crippen molar-refractivity contribution in [3.8, 4) is 0 Å². The van der Waals surface area contributed by atoms with Crippen LogP contribution in [0.2, 0.25) is 0 Å². The molecule has 4 saturated heterocycles. The van der Waals surface area contributed by atoms with E-state index >= 15 is 0 Å². The Hall–Kier alpha value is -3.45. The third-order valence-corrected chi connectivity index (χ3v) is 11.4. The monoisotopic (exact) mass is 965 g/mol. The van der Waals surface area contributed by atoms with Crippen LogP contribution >= 0.6 is 0 Å². The summed E-state index contributed by atoms with van der Waals surface area (Å²) in [7, 11) is 0. The number of carbonyl (C=O) groups excluding carboxylic acids is 3. The van der Waals surface area contributed by atoms with Gasteiger partial charge in [0.25, 0.3) is 11.6 Å². The summed E-state index contributed by atoms with van der Waals surface area (Å²) in [6.07, 6.45) is -38.5. The lowest BCUT2D eigenvalue weighted by Gasteiger charge is -2.51. The Morgan fingerprint density at radius 3 is 1.58 bits per heavy atom. The molecule has 4 aliphatic heterocycles. The zero-order valence-electron chi connectivity index (χ0n) is 35.4. The molecule has 0 aromatic carbocycles. The predicted molar refractivity (Wildman–Crippen MR) is 203 cm³/mol. The van der Waals surface area contributed by atoms with Crippen LogP contribution in [0.25, 0.3) is 0 Å². The first kappa shape index (κ1) is 55.1. The number of amides is 3. The van der Waals surface area contributed by atoms with Gasteiger partial charge in [0.2, 0.25) is 17.7 Å². The minimum absolute atomic E-state index is 0.758. The highest BCUT2D eigenvalue weighted by molar-refractivity contribution is 5.77. The Labute approximate surface area is 373 Å². The van der Waals surface area contributed by atoms with Crippen LogP contribution in [0.3, 0.4) is 0 Å². The summed E-state index contributed by atoms with van der Waals surface area (Å²) in [5.41, 5.74) is 0. The van der Waals surface area contributed by atoms with Crippen LogP contribution in [0.1, 0.15) is 33.6 Å². The standard InChI is InChI=1S/C36H59N3O27/c1-10(44)37-19-13(47)4-35(33(56)57,64-28(19)22(50)15(49)6-40)63-17(8-42)24(52)29-20(38-11(2)45)14(48)5-36(65-29,34(58)59)66-30-23(51)16(7-41)61-32(26(30)54)62-27-18(9-43)60-31(55)21(25(27)53)39-12(3)46/h13-32,40-43,47-55H,4-9H2,1-3H3,(H,37,44)(H,38,45)(H,39,46)(H,56,57)(H,58,59)/t13-,14-,15+,16+,17+,18+,19+,20+,21+,22+,23-,24+,25+,26+,27+,28+,29+,30-,31?,32-,35+,36-/m0/s1. The van der Waals surface area contributed by atoms with Gasteiger partial charge in [-0.05, 0) is 0 Å². The Morgan fingerprint density at radius 1 is 0.621 bits per heavy atom. The second-order valence-corrected chi connectivity index (χ2v) is 16.2. The lowest BCUT2D eigenvalue weighted by atomic mass is 9.87. The van der Waals surface area contributed by atoms with Crippen molar-refractivity contribution in [3.05, 3.63) is 0 Å². The molecule has 0 aliphatic carbocycles. The molecular weight excluding hydrogens is 906 g/mol. The van der Waals surface area contributed by atoms with E-state index in [4.69, 9.17) is 33.2 Å². The van der Waals surface area contributed by atoms with Crippen LogP contribution in [-0.2, 0) is 57.1 Å². The molecule has 30 nitrogen and oxygen atoms in total. The van der Waals surface area contributed by atoms with Gasteiger partial charge in [0.1, 0.15) is 85.4 Å². The largest absolute Gasteiger partial charge is 0.477 e. The van der Waals surface area contributed by atoms with Gasteiger partial charge in [-0.1, -0.05) is 0 Å². The lowest BCUT2D eigenvalue weighted by Crippen LogP contribution is -2.72. The number of carbonyl (C=O) groups is 5. The van der Waals surface area contributed by atoms with E-state index in [-0.39, 0.29) is 0 Å². The van der Waals surface area contributed by atoms with Crippen molar-refractivity contribution in [3.63, 3.8) is 0 Å². The highest BCUT2D eigenvalue weighted by Gasteiger charge is 2.62. The average Bonchev–Trinajstić information content (AvgIpc) is 3.24. The second kappa shape index (κ2) is 22.8.